The maximum atomic E-state index is 10.7. The van der Waals surface area contributed by atoms with Crippen molar-refractivity contribution in [1.82, 2.24) is 4.98 Å². The van der Waals surface area contributed by atoms with E-state index in [1.54, 1.807) is 36.5 Å². The van der Waals surface area contributed by atoms with Crippen LogP contribution in [0.25, 0.3) is 0 Å². The van der Waals surface area contributed by atoms with Crippen molar-refractivity contribution in [2.24, 2.45) is 0 Å². The molecule has 0 bridgehead atoms. The smallest absolute Gasteiger partial charge is 0.311 e. The molecule has 0 aliphatic rings. The largest absolute Gasteiger partial charge is 0.432 e. The number of hydrogen-bond acceptors (Lipinski definition) is 4. The predicted molar refractivity (Wildman–Crippen MR) is 57.4 cm³/mol. The quantitative estimate of drug-likeness (QED) is 0.584. The molecule has 1 aromatic carbocycles. The van der Waals surface area contributed by atoms with Crippen molar-refractivity contribution in [2.45, 2.75) is 0 Å². The third-order valence-corrected chi connectivity index (χ3v) is 1.91. The van der Waals surface area contributed by atoms with Gasteiger partial charge >= 0.3 is 5.69 Å². The fourth-order valence-corrected chi connectivity index (χ4v) is 1.21. The van der Waals surface area contributed by atoms with E-state index in [4.69, 9.17) is 4.74 Å². The van der Waals surface area contributed by atoms with Crippen LogP contribution in [0.3, 0.4) is 0 Å². The van der Waals surface area contributed by atoms with Crippen LogP contribution in [0.1, 0.15) is 0 Å². The topological polar surface area (TPSA) is 65.3 Å². The minimum absolute atomic E-state index is 0.0758. The highest BCUT2D eigenvalue weighted by molar-refractivity contribution is 5.47. The maximum Gasteiger partial charge on any atom is 0.311 e. The van der Waals surface area contributed by atoms with Crippen molar-refractivity contribution in [3.05, 3.63) is 58.8 Å². The number of hydrogen-bond donors (Lipinski definition) is 0. The maximum absolute atomic E-state index is 10.7. The standard InChI is InChI=1S/C11H8N2O3/c14-13(15)9-5-1-2-6-10(9)16-11-7-3-4-8-12-11/h1-8H. The Bertz CT molecular complexity index is 500. The molecular weight excluding hydrogens is 208 g/mol. The van der Waals surface area contributed by atoms with E-state index >= 15 is 0 Å². The van der Waals surface area contributed by atoms with Gasteiger partial charge in [0.1, 0.15) is 0 Å². The summed E-state index contributed by atoms with van der Waals surface area (Å²) in [5.41, 5.74) is -0.0758. The minimum Gasteiger partial charge on any atom is -0.432 e. The summed E-state index contributed by atoms with van der Waals surface area (Å²) in [6, 6.07) is 11.3. The molecule has 16 heavy (non-hydrogen) atoms. The summed E-state index contributed by atoms with van der Waals surface area (Å²) in [7, 11) is 0. The molecule has 1 heterocycles. The van der Waals surface area contributed by atoms with E-state index in [-0.39, 0.29) is 11.4 Å². The summed E-state index contributed by atoms with van der Waals surface area (Å²) in [4.78, 5) is 14.2. The van der Waals surface area contributed by atoms with Crippen LogP contribution < -0.4 is 4.74 Å². The van der Waals surface area contributed by atoms with Crippen LogP contribution in [0, 0.1) is 10.1 Å². The van der Waals surface area contributed by atoms with E-state index in [1.165, 1.54) is 12.1 Å². The van der Waals surface area contributed by atoms with Crippen LogP contribution in [0.2, 0.25) is 0 Å². The summed E-state index contributed by atoms with van der Waals surface area (Å²) >= 11 is 0. The number of para-hydroxylation sites is 2. The van der Waals surface area contributed by atoms with Gasteiger partial charge in [0.15, 0.2) is 0 Å². The van der Waals surface area contributed by atoms with Gasteiger partial charge in [0.05, 0.1) is 4.92 Å². The first-order valence-electron chi connectivity index (χ1n) is 4.59. The van der Waals surface area contributed by atoms with E-state index in [2.05, 4.69) is 4.98 Å². The molecule has 0 spiro atoms. The zero-order valence-electron chi connectivity index (χ0n) is 8.24. The number of benzene rings is 1. The molecule has 2 rings (SSSR count). The molecule has 0 unspecified atom stereocenters. The molecule has 0 aliphatic carbocycles. The highest BCUT2D eigenvalue weighted by Crippen LogP contribution is 2.29. The summed E-state index contributed by atoms with van der Waals surface area (Å²) in [5, 5.41) is 10.7. The van der Waals surface area contributed by atoms with Crippen LogP contribution in [-0.4, -0.2) is 9.91 Å². The second-order valence-corrected chi connectivity index (χ2v) is 2.99. The van der Waals surface area contributed by atoms with Gasteiger partial charge in [0, 0.05) is 18.3 Å². The molecule has 1 aromatic heterocycles. The average molecular weight is 216 g/mol. The zero-order chi connectivity index (χ0) is 11.4. The van der Waals surface area contributed by atoms with Gasteiger partial charge in [-0.3, -0.25) is 10.1 Å². The molecule has 0 radical (unpaired) electrons. The molecule has 5 heteroatoms. The number of pyridine rings is 1. The number of aromatic nitrogens is 1. The molecule has 0 saturated carbocycles. The lowest BCUT2D eigenvalue weighted by Crippen LogP contribution is -1.93. The van der Waals surface area contributed by atoms with Crippen LogP contribution in [0.4, 0.5) is 5.69 Å². The SMILES string of the molecule is O=[N+]([O-])c1ccccc1Oc1ccccn1. The van der Waals surface area contributed by atoms with Gasteiger partial charge < -0.3 is 4.74 Å². The number of ether oxygens (including phenoxy) is 1. The fraction of sp³-hybridized carbons (Fsp3) is 0. The van der Waals surface area contributed by atoms with Crippen molar-refractivity contribution in [2.75, 3.05) is 0 Å². The number of nitro groups is 1. The normalized spacial score (nSPS) is 9.75. The molecule has 0 atom stereocenters. The van der Waals surface area contributed by atoms with E-state index < -0.39 is 4.92 Å². The molecule has 0 fully saturated rings. The Balaban J connectivity index is 2.31. The fourth-order valence-electron chi connectivity index (χ4n) is 1.21. The predicted octanol–water partition coefficient (Wildman–Crippen LogP) is 2.78. The Labute approximate surface area is 91.5 Å². The molecule has 0 amide bonds. The molecule has 0 N–H and O–H groups in total. The highest BCUT2D eigenvalue weighted by Gasteiger charge is 2.14. The van der Waals surface area contributed by atoms with E-state index in [9.17, 15) is 10.1 Å². The van der Waals surface area contributed by atoms with Gasteiger partial charge in [-0.15, -0.1) is 0 Å². The summed E-state index contributed by atoms with van der Waals surface area (Å²) in [6.45, 7) is 0. The second kappa shape index (κ2) is 4.39. The van der Waals surface area contributed by atoms with Gasteiger partial charge in [0.2, 0.25) is 11.6 Å². The van der Waals surface area contributed by atoms with Crippen molar-refractivity contribution in [3.8, 4) is 11.6 Å². The molecule has 80 valence electrons. The lowest BCUT2D eigenvalue weighted by atomic mass is 10.3. The van der Waals surface area contributed by atoms with Crippen LogP contribution in [0.5, 0.6) is 11.6 Å². The lowest BCUT2D eigenvalue weighted by Gasteiger charge is -2.03. The van der Waals surface area contributed by atoms with Crippen molar-refractivity contribution in [1.29, 1.82) is 0 Å². The van der Waals surface area contributed by atoms with Gasteiger partial charge in [-0.2, -0.15) is 0 Å². The van der Waals surface area contributed by atoms with Gasteiger partial charge in [-0.25, -0.2) is 4.98 Å². The number of nitrogens with zero attached hydrogens (tertiary/aromatic N) is 2. The van der Waals surface area contributed by atoms with Gasteiger partial charge in [0.25, 0.3) is 0 Å². The van der Waals surface area contributed by atoms with Gasteiger partial charge in [-0.05, 0) is 12.1 Å². The van der Waals surface area contributed by atoms with Crippen molar-refractivity contribution in [3.63, 3.8) is 0 Å². The summed E-state index contributed by atoms with van der Waals surface area (Å²) in [5.74, 6) is 0.517. The van der Waals surface area contributed by atoms with Crippen molar-refractivity contribution < 1.29 is 9.66 Å². The Kier molecular flexibility index (Phi) is 2.77. The Morgan fingerprint density at radius 2 is 1.88 bits per heavy atom. The monoisotopic (exact) mass is 216 g/mol. The molecular formula is C11H8N2O3. The van der Waals surface area contributed by atoms with E-state index in [0.717, 1.165) is 0 Å². The Hall–Kier alpha value is -2.43. The van der Waals surface area contributed by atoms with Crippen LogP contribution in [-0.2, 0) is 0 Å². The molecule has 5 nitrogen and oxygen atoms in total. The van der Waals surface area contributed by atoms with Crippen LogP contribution in [0.15, 0.2) is 48.7 Å². The number of nitro benzene ring substituents is 1. The van der Waals surface area contributed by atoms with Crippen molar-refractivity contribution >= 4 is 5.69 Å². The van der Waals surface area contributed by atoms with Crippen LogP contribution >= 0.6 is 0 Å². The number of rotatable bonds is 3. The first kappa shape index (κ1) is 10.1. The Morgan fingerprint density at radius 3 is 2.56 bits per heavy atom. The Morgan fingerprint density at radius 1 is 1.12 bits per heavy atom. The highest BCUT2D eigenvalue weighted by atomic mass is 16.6. The van der Waals surface area contributed by atoms with Gasteiger partial charge in [-0.1, -0.05) is 18.2 Å². The molecule has 2 aromatic rings. The minimum atomic E-state index is -0.488. The summed E-state index contributed by atoms with van der Waals surface area (Å²) < 4.78 is 5.32. The third kappa shape index (κ3) is 2.14. The van der Waals surface area contributed by atoms with E-state index in [1.807, 2.05) is 0 Å². The van der Waals surface area contributed by atoms with E-state index in [0.29, 0.717) is 5.88 Å². The average Bonchev–Trinajstić information content (AvgIpc) is 2.31. The third-order valence-electron chi connectivity index (χ3n) is 1.91. The zero-order valence-corrected chi connectivity index (χ0v) is 8.24. The first-order valence-corrected chi connectivity index (χ1v) is 4.59. The molecule has 0 saturated heterocycles. The lowest BCUT2D eigenvalue weighted by molar-refractivity contribution is -0.385. The molecule has 0 aliphatic heterocycles. The first-order chi connectivity index (χ1) is 7.77. The second-order valence-electron chi connectivity index (χ2n) is 2.99. The summed E-state index contributed by atoms with van der Waals surface area (Å²) in [6.07, 6.45) is 1.56.